The fourth-order valence-corrected chi connectivity index (χ4v) is 3.34. The molecule has 0 N–H and O–H groups in total. The molecule has 1 aliphatic heterocycles. The fourth-order valence-electron chi connectivity index (χ4n) is 3.34. The summed E-state index contributed by atoms with van der Waals surface area (Å²) >= 11 is 0. The van der Waals surface area contributed by atoms with E-state index in [9.17, 15) is 19.5 Å². The number of carboxylic acids is 1. The van der Waals surface area contributed by atoms with Gasteiger partial charge in [-0.25, -0.2) is 0 Å². The molecule has 1 heterocycles. The molecule has 1 aliphatic rings. The minimum atomic E-state index is -1.29. The molecule has 0 aliphatic carbocycles. The molecular weight excluding hydrogens is 318 g/mol. The topological polar surface area (TPSA) is 77.5 Å². The van der Waals surface area contributed by atoms with Gasteiger partial charge in [0, 0.05) is 6.42 Å². The van der Waals surface area contributed by atoms with E-state index in [1.165, 1.54) is 24.3 Å². The summed E-state index contributed by atoms with van der Waals surface area (Å²) in [4.78, 5) is 37.0. The van der Waals surface area contributed by atoms with Crippen molar-refractivity contribution in [3.05, 3.63) is 64.7 Å². The standard InChI is InChI=1S/C20H19NO4/c1-12-7-13(2)9-14(8-12)10-16-11-18(22)21(19(16)23)17-5-3-15(4-6-17)20(24)25/h3-9,16H,10-11H2,1-2H3,(H,24,25)/p-1/t16-/m1/s1. The number of amides is 2. The largest absolute Gasteiger partial charge is 0.545 e. The van der Waals surface area contributed by atoms with Crippen LogP contribution < -0.4 is 10.0 Å². The third-order valence-corrected chi connectivity index (χ3v) is 4.36. The Bertz CT molecular complexity index is 834. The smallest absolute Gasteiger partial charge is 0.237 e. The number of rotatable bonds is 4. The second-order valence-corrected chi connectivity index (χ2v) is 6.50. The molecule has 0 aromatic heterocycles. The van der Waals surface area contributed by atoms with Crippen LogP contribution in [0, 0.1) is 19.8 Å². The van der Waals surface area contributed by atoms with Gasteiger partial charge in [-0.2, -0.15) is 0 Å². The van der Waals surface area contributed by atoms with Crippen LogP contribution in [-0.2, 0) is 16.0 Å². The lowest BCUT2D eigenvalue weighted by atomic mass is 9.95. The molecule has 0 saturated carbocycles. The molecule has 1 fully saturated rings. The lowest BCUT2D eigenvalue weighted by Gasteiger charge is -2.16. The highest BCUT2D eigenvalue weighted by Gasteiger charge is 2.39. The summed E-state index contributed by atoms with van der Waals surface area (Å²) in [5, 5.41) is 10.8. The monoisotopic (exact) mass is 336 g/mol. The molecule has 2 amide bonds. The van der Waals surface area contributed by atoms with Crippen LogP contribution in [0.4, 0.5) is 5.69 Å². The van der Waals surface area contributed by atoms with Crippen LogP contribution in [0.3, 0.4) is 0 Å². The van der Waals surface area contributed by atoms with Gasteiger partial charge in [0.1, 0.15) is 0 Å². The van der Waals surface area contributed by atoms with Gasteiger partial charge < -0.3 is 9.90 Å². The summed E-state index contributed by atoms with van der Waals surface area (Å²) in [6.07, 6.45) is 0.675. The fraction of sp³-hybridized carbons (Fsp3) is 0.250. The zero-order valence-corrected chi connectivity index (χ0v) is 14.1. The predicted octanol–water partition coefficient (Wildman–Crippen LogP) is 1.79. The average Bonchev–Trinajstić information content (AvgIpc) is 2.80. The number of imide groups is 1. The molecule has 0 radical (unpaired) electrons. The molecule has 5 heteroatoms. The van der Waals surface area contributed by atoms with Crippen molar-refractivity contribution < 1.29 is 19.5 Å². The first kappa shape index (κ1) is 16.9. The molecule has 0 spiro atoms. The van der Waals surface area contributed by atoms with Crippen LogP contribution in [0.25, 0.3) is 0 Å². The molecule has 1 atom stereocenters. The van der Waals surface area contributed by atoms with Crippen LogP contribution >= 0.6 is 0 Å². The predicted molar refractivity (Wildman–Crippen MR) is 91.0 cm³/mol. The molecular formula is C20H18NO4-. The summed E-state index contributed by atoms with van der Waals surface area (Å²) in [5.74, 6) is -2.20. The summed E-state index contributed by atoms with van der Waals surface area (Å²) in [7, 11) is 0. The Morgan fingerprint density at radius 3 is 2.24 bits per heavy atom. The Morgan fingerprint density at radius 2 is 1.68 bits per heavy atom. The van der Waals surface area contributed by atoms with E-state index in [2.05, 4.69) is 6.07 Å². The zero-order valence-electron chi connectivity index (χ0n) is 14.1. The Kier molecular flexibility index (Phi) is 4.40. The first-order valence-corrected chi connectivity index (χ1v) is 8.10. The van der Waals surface area contributed by atoms with E-state index in [4.69, 9.17) is 0 Å². The van der Waals surface area contributed by atoms with Gasteiger partial charge in [0.15, 0.2) is 0 Å². The van der Waals surface area contributed by atoms with Crippen molar-refractivity contribution in [2.75, 3.05) is 4.90 Å². The van der Waals surface area contributed by atoms with Gasteiger partial charge in [-0.1, -0.05) is 41.5 Å². The van der Waals surface area contributed by atoms with Crippen molar-refractivity contribution in [1.82, 2.24) is 0 Å². The maximum Gasteiger partial charge on any atom is 0.237 e. The highest BCUT2D eigenvalue weighted by atomic mass is 16.4. The van der Waals surface area contributed by atoms with Crippen molar-refractivity contribution in [3.63, 3.8) is 0 Å². The normalized spacial score (nSPS) is 17.2. The van der Waals surface area contributed by atoms with E-state index in [0.29, 0.717) is 12.1 Å². The molecule has 1 saturated heterocycles. The van der Waals surface area contributed by atoms with Crippen molar-refractivity contribution in [2.45, 2.75) is 26.7 Å². The van der Waals surface area contributed by atoms with Gasteiger partial charge in [-0.05, 0) is 43.5 Å². The summed E-state index contributed by atoms with van der Waals surface area (Å²) in [6, 6.07) is 11.7. The number of hydrogen-bond donors (Lipinski definition) is 0. The Labute approximate surface area is 145 Å². The van der Waals surface area contributed by atoms with Crippen LogP contribution in [0.2, 0.25) is 0 Å². The van der Waals surface area contributed by atoms with E-state index < -0.39 is 11.9 Å². The highest BCUT2D eigenvalue weighted by Crippen LogP contribution is 2.29. The maximum atomic E-state index is 12.7. The molecule has 128 valence electrons. The quantitative estimate of drug-likeness (QED) is 0.798. The van der Waals surface area contributed by atoms with Gasteiger partial charge in [-0.15, -0.1) is 0 Å². The van der Waals surface area contributed by atoms with Crippen molar-refractivity contribution >= 4 is 23.5 Å². The third-order valence-electron chi connectivity index (χ3n) is 4.36. The SMILES string of the molecule is Cc1cc(C)cc(C[C@@H]2CC(=O)N(c3ccc(C(=O)[O-])cc3)C2=O)c1. The number of carbonyl (C=O) groups excluding carboxylic acids is 3. The Morgan fingerprint density at radius 1 is 1.08 bits per heavy atom. The molecule has 3 rings (SSSR count). The van der Waals surface area contributed by atoms with Crippen LogP contribution in [-0.4, -0.2) is 17.8 Å². The van der Waals surface area contributed by atoms with Crippen molar-refractivity contribution in [1.29, 1.82) is 0 Å². The number of nitrogens with zero attached hydrogens (tertiary/aromatic N) is 1. The number of aryl methyl sites for hydroxylation is 2. The number of aromatic carboxylic acids is 1. The van der Waals surface area contributed by atoms with Gasteiger partial charge in [0.2, 0.25) is 11.8 Å². The first-order chi connectivity index (χ1) is 11.8. The zero-order chi connectivity index (χ0) is 18.1. The van der Waals surface area contributed by atoms with E-state index in [1.807, 2.05) is 26.0 Å². The molecule has 2 aromatic rings. The number of carbonyl (C=O) groups is 3. The number of carboxylic acid groups (broad SMARTS) is 1. The number of anilines is 1. The number of benzene rings is 2. The first-order valence-electron chi connectivity index (χ1n) is 8.10. The van der Waals surface area contributed by atoms with E-state index in [0.717, 1.165) is 21.6 Å². The summed E-state index contributed by atoms with van der Waals surface area (Å²) in [6.45, 7) is 4.01. The Hall–Kier alpha value is -2.95. The van der Waals surface area contributed by atoms with E-state index in [1.54, 1.807) is 0 Å². The third kappa shape index (κ3) is 3.45. The second kappa shape index (κ2) is 6.51. The minimum Gasteiger partial charge on any atom is -0.545 e. The maximum absolute atomic E-state index is 12.7. The van der Waals surface area contributed by atoms with Crippen LogP contribution in [0.1, 0.15) is 33.5 Å². The average molecular weight is 336 g/mol. The summed E-state index contributed by atoms with van der Waals surface area (Å²) in [5.41, 5.74) is 3.69. The lowest BCUT2D eigenvalue weighted by Crippen LogP contribution is -2.31. The summed E-state index contributed by atoms with van der Waals surface area (Å²) < 4.78 is 0. The van der Waals surface area contributed by atoms with E-state index in [-0.39, 0.29) is 23.8 Å². The van der Waals surface area contributed by atoms with Gasteiger partial charge in [0.25, 0.3) is 0 Å². The lowest BCUT2D eigenvalue weighted by molar-refractivity contribution is -0.255. The highest BCUT2D eigenvalue weighted by molar-refractivity contribution is 6.21. The van der Waals surface area contributed by atoms with Gasteiger partial charge >= 0.3 is 0 Å². The molecule has 0 unspecified atom stereocenters. The van der Waals surface area contributed by atoms with Gasteiger partial charge in [-0.3, -0.25) is 14.5 Å². The Balaban J connectivity index is 1.81. The molecule has 25 heavy (non-hydrogen) atoms. The van der Waals surface area contributed by atoms with Crippen LogP contribution in [0.5, 0.6) is 0 Å². The van der Waals surface area contributed by atoms with Crippen molar-refractivity contribution in [3.8, 4) is 0 Å². The van der Waals surface area contributed by atoms with Crippen molar-refractivity contribution in [2.24, 2.45) is 5.92 Å². The molecule has 5 nitrogen and oxygen atoms in total. The van der Waals surface area contributed by atoms with Crippen LogP contribution in [0.15, 0.2) is 42.5 Å². The molecule has 2 aromatic carbocycles. The van der Waals surface area contributed by atoms with Gasteiger partial charge in [0.05, 0.1) is 17.6 Å². The minimum absolute atomic E-state index is 0.00892. The number of hydrogen-bond acceptors (Lipinski definition) is 4. The molecule has 0 bridgehead atoms. The second-order valence-electron chi connectivity index (χ2n) is 6.50. The van der Waals surface area contributed by atoms with E-state index >= 15 is 0 Å².